The highest BCUT2D eigenvalue weighted by Gasteiger charge is 2.16. The van der Waals surface area contributed by atoms with E-state index in [4.69, 9.17) is 0 Å². The summed E-state index contributed by atoms with van der Waals surface area (Å²) in [5.41, 5.74) is 0.846. The molecule has 21 heavy (non-hydrogen) atoms. The molecule has 2 heteroatoms. The molecule has 0 N–H and O–H groups in total. The van der Waals surface area contributed by atoms with Crippen molar-refractivity contribution < 1.29 is 4.79 Å². The smallest absolute Gasteiger partial charge is 0.164 e. The van der Waals surface area contributed by atoms with E-state index < -0.39 is 0 Å². The summed E-state index contributed by atoms with van der Waals surface area (Å²) in [6.07, 6.45) is 3.17. The fourth-order valence-electron chi connectivity index (χ4n) is 3.05. The molecule has 0 atom stereocenters. The lowest BCUT2D eigenvalue weighted by Gasteiger charge is -2.29. The van der Waals surface area contributed by atoms with E-state index >= 15 is 0 Å². The fourth-order valence-corrected chi connectivity index (χ4v) is 3.05. The summed E-state index contributed by atoms with van der Waals surface area (Å²) in [7, 11) is 0. The van der Waals surface area contributed by atoms with Gasteiger partial charge in [-0.2, -0.15) is 0 Å². The van der Waals surface area contributed by atoms with Crippen molar-refractivity contribution in [1.29, 1.82) is 0 Å². The number of piperidine rings is 1. The first-order valence-electron chi connectivity index (χ1n) is 7.97. The van der Waals surface area contributed by atoms with E-state index in [2.05, 4.69) is 24.0 Å². The number of hydrogen-bond donors (Lipinski definition) is 0. The Hall–Kier alpha value is -1.67. The Labute approximate surface area is 126 Å². The topological polar surface area (TPSA) is 20.3 Å². The van der Waals surface area contributed by atoms with Gasteiger partial charge in [-0.1, -0.05) is 43.3 Å². The number of Topliss-reactive ketones (excluding diaryl/α,β-unsaturated/α-hetero) is 1. The van der Waals surface area contributed by atoms with Crippen molar-refractivity contribution in [3.8, 4) is 0 Å². The molecule has 1 saturated heterocycles. The van der Waals surface area contributed by atoms with Crippen molar-refractivity contribution >= 4 is 16.6 Å². The third-order valence-corrected chi connectivity index (χ3v) is 4.60. The monoisotopic (exact) mass is 281 g/mol. The van der Waals surface area contributed by atoms with Crippen LogP contribution in [0.25, 0.3) is 10.8 Å². The van der Waals surface area contributed by atoms with Gasteiger partial charge in [0, 0.05) is 18.5 Å². The van der Waals surface area contributed by atoms with E-state index in [1.165, 1.54) is 18.2 Å². The largest absolute Gasteiger partial charge is 0.303 e. The SMILES string of the molecule is CC1CCN(CCC(=O)c2ccc3ccccc3c2)CC1. The molecular weight excluding hydrogens is 258 g/mol. The number of benzene rings is 2. The normalized spacial score (nSPS) is 17.2. The molecule has 0 aliphatic carbocycles. The average Bonchev–Trinajstić information content (AvgIpc) is 2.53. The lowest BCUT2D eigenvalue weighted by Crippen LogP contribution is -2.34. The molecule has 0 unspecified atom stereocenters. The zero-order valence-electron chi connectivity index (χ0n) is 12.7. The second kappa shape index (κ2) is 6.40. The molecule has 0 saturated carbocycles. The molecule has 1 aliphatic heterocycles. The number of fused-ring (bicyclic) bond motifs is 1. The number of carbonyl (C=O) groups excluding carboxylic acids is 1. The number of ketones is 1. The second-order valence-electron chi connectivity index (χ2n) is 6.26. The van der Waals surface area contributed by atoms with E-state index in [1.807, 2.05) is 30.3 Å². The first-order chi connectivity index (χ1) is 10.2. The minimum absolute atomic E-state index is 0.263. The predicted molar refractivity (Wildman–Crippen MR) is 87.7 cm³/mol. The van der Waals surface area contributed by atoms with Crippen molar-refractivity contribution in [3.63, 3.8) is 0 Å². The van der Waals surface area contributed by atoms with Crippen molar-refractivity contribution in [2.45, 2.75) is 26.2 Å². The molecule has 110 valence electrons. The van der Waals surface area contributed by atoms with Crippen LogP contribution < -0.4 is 0 Å². The number of carbonyl (C=O) groups is 1. The highest BCUT2D eigenvalue weighted by molar-refractivity contribution is 6.00. The lowest BCUT2D eigenvalue weighted by molar-refractivity contribution is 0.0953. The summed E-state index contributed by atoms with van der Waals surface area (Å²) in [6, 6.07) is 14.2. The second-order valence-corrected chi connectivity index (χ2v) is 6.26. The van der Waals surface area contributed by atoms with Gasteiger partial charge in [0.15, 0.2) is 5.78 Å². The van der Waals surface area contributed by atoms with Gasteiger partial charge < -0.3 is 4.90 Å². The lowest BCUT2D eigenvalue weighted by atomic mass is 9.98. The molecule has 0 amide bonds. The van der Waals surface area contributed by atoms with Crippen LogP contribution >= 0.6 is 0 Å². The zero-order chi connectivity index (χ0) is 14.7. The van der Waals surface area contributed by atoms with E-state index in [0.29, 0.717) is 6.42 Å². The first kappa shape index (κ1) is 14.3. The molecule has 2 nitrogen and oxygen atoms in total. The van der Waals surface area contributed by atoms with Gasteiger partial charge in [-0.05, 0) is 48.7 Å². The Morgan fingerprint density at radius 1 is 1.10 bits per heavy atom. The van der Waals surface area contributed by atoms with E-state index in [9.17, 15) is 4.79 Å². The molecule has 3 rings (SSSR count). The van der Waals surface area contributed by atoms with Crippen LogP contribution in [0.15, 0.2) is 42.5 Å². The Kier molecular flexibility index (Phi) is 4.35. The van der Waals surface area contributed by atoms with Gasteiger partial charge in [-0.3, -0.25) is 4.79 Å². The predicted octanol–water partition coefficient (Wildman–Crippen LogP) is 4.14. The molecular formula is C19H23NO. The van der Waals surface area contributed by atoms with Crippen molar-refractivity contribution in [1.82, 2.24) is 4.90 Å². The molecule has 0 bridgehead atoms. The van der Waals surface area contributed by atoms with Crippen LogP contribution in [-0.4, -0.2) is 30.3 Å². The van der Waals surface area contributed by atoms with Gasteiger partial charge in [0.2, 0.25) is 0 Å². The molecule has 0 spiro atoms. The van der Waals surface area contributed by atoms with Crippen molar-refractivity contribution in [3.05, 3.63) is 48.0 Å². The van der Waals surface area contributed by atoms with Gasteiger partial charge >= 0.3 is 0 Å². The molecule has 1 fully saturated rings. The average molecular weight is 281 g/mol. The highest BCUT2D eigenvalue weighted by Crippen LogP contribution is 2.18. The Balaban J connectivity index is 1.61. The number of nitrogens with zero attached hydrogens (tertiary/aromatic N) is 1. The highest BCUT2D eigenvalue weighted by atomic mass is 16.1. The number of hydrogen-bond acceptors (Lipinski definition) is 2. The maximum Gasteiger partial charge on any atom is 0.164 e. The fraction of sp³-hybridized carbons (Fsp3) is 0.421. The van der Waals surface area contributed by atoms with Gasteiger partial charge in [-0.15, -0.1) is 0 Å². The Morgan fingerprint density at radius 3 is 2.57 bits per heavy atom. The van der Waals surface area contributed by atoms with Crippen LogP contribution in [0.4, 0.5) is 0 Å². The van der Waals surface area contributed by atoms with E-state index in [1.54, 1.807) is 0 Å². The van der Waals surface area contributed by atoms with Crippen LogP contribution in [0.2, 0.25) is 0 Å². The van der Waals surface area contributed by atoms with Crippen LogP contribution in [0.5, 0.6) is 0 Å². The molecule has 2 aromatic rings. The standard InChI is InChI=1S/C19H23NO/c1-15-8-11-20(12-9-15)13-10-19(21)18-7-6-16-4-2-3-5-17(16)14-18/h2-7,14-15H,8-13H2,1H3. The number of rotatable bonds is 4. The third kappa shape index (κ3) is 3.51. The third-order valence-electron chi connectivity index (χ3n) is 4.60. The Bertz CT molecular complexity index is 626. The summed E-state index contributed by atoms with van der Waals surface area (Å²) < 4.78 is 0. The maximum atomic E-state index is 12.4. The van der Waals surface area contributed by atoms with Gasteiger partial charge in [0.05, 0.1) is 0 Å². The summed E-state index contributed by atoms with van der Waals surface area (Å²) in [6.45, 7) is 5.51. The van der Waals surface area contributed by atoms with Crippen molar-refractivity contribution in [2.75, 3.05) is 19.6 Å². The van der Waals surface area contributed by atoms with Crippen LogP contribution in [-0.2, 0) is 0 Å². The summed E-state index contributed by atoms with van der Waals surface area (Å²) in [5.74, 6) is 1.11. The maximum absolute atomic E-state index is 12.4. The molecule has 1 heterocycles. The molecule has 0 radical (unpaired) electrons. The van der Waals surface area contributed by atoms with Crippen LogP contribution in [0.1, 0.15) is 36.5 Å². The summed E-state index contributed by atoms with van der Waals surface area (Å²) in [4.78, 5) is 14.8. The molecule has 2 aromatic carbocycles. The van der Waals surface area contributed by atoms with Gasteiger partial charge in [0.1, 0.15) is 0 Å². The van der Waals surface area contributed by atoms with E-state index in [0.717, 1.165) is 36.5 Å². The first-order valence-corrected chi connectivity index (χ1v) is 7.97. The minimum Gasteiger partial charge on any atom is -0.303 e. The molecule has 1 aliphatic rings. The zero-order valence-corrected chi connectivity index (χ0v) is 12.7. The minimum atomic E-state index is 0.263. The summed E-state index contributed by atoms with van der Waals surface area (Å²) >= 11 is 0. The quantitative estimate of drug-likeness (QED) is 0.785. The Morgan fingerprint density at radius 2 is 1.81 bits per heavy atom. The van der Waals surface area contributed by atoms with Crippen LogP contribution in [0, 0.1) is 5.92 Å². The van der Waals surface area contributed by atoms with E-state index in [-0.39, 0.29) is 5.78 Å². The summed E-state index contributed by atoms with van der Waals surface area (Å²) in [5, 5.41) is 2.34. The van der Waals surface area contributed by atoms with Crippen molar-refractivity contribution in [2.24, 2.45) is 5.92 Å². The number of likely N-dealkylation sites (tertiary alicyclic amines) is 1. The molecule has 0 aromatic heterocycles. The van der Waals surface area contributed by atoms with Gasteiger partial charge in [0.25, 0.3) is 0 Å². The van der Waals surface area contributed by atoms with Gasteiger partial charge in [-0.25, -0.2) is 0 Å². The van der Waals surface area contributed by atoms with Crippen LogP contribution in [0.3, 0.4) is 0 Å².